The van der Waals surface area contributed by atoms with Crippen molar-refractivity contribution in [2.24, 2.45) is 5.73 Å². The molecule has 2 heterocycles. The average Bonchev–Trinajstić information content (AvgIpc) is 3.27. The van der Waals surface area contributed by atoms with Crippen LogP contribution in [0.2, 0.25) is 0 Å². The number of nitrogens with zero attached hydrogens (tertiary/aromatic N) is 1. The van der Waals surface area contributed by atoms with Gasteiger partial charge in [0.15, 0.2) is 0 Å². The molecule has 0 aliphatic carbocycles. The fourth-order valence-electron chi connectivity index (χ4n) is 3.23. The number of carbonyl (C=O) groups excluding carboxylic acids is 2. The van der Waals surface area contributed by atoms with E-state index in [0.29, 0.717) is 28.8 Å². The Morgan fingerprint density at radius 1 is 1.32 bits per heavy atom. The summed E-state index contributed by atoms with van der Waals surface area (Å²) >= 11 is 1.17. The largest absolute Gasteiger partial charge is 0.494 e. The Balaban J connectivity index is 1.75. The van der Waals surface area contributed by atoms with Gasteiger partial charge in [-0.2, -0.15) is 5.26 Å². The number of furan rings is 1. The van der Waals surface area contributed by atoms with Crippen molar-refractivity contribution < 1.29 is 18.7 Å². The molecule has 0 saturated heterocycles. The Hall–Kier alpha value is -3.64. The first-order valence-electron chi connectivity index (χ1n) is 9.55. The lowest BCUT2D eigenvalue weighted by Gasteiger charge is -2.27. The van der Waals surface area contributed by atoms with Crippen molar-refractivity contribution in [3.8, 4) is 11.8 Å². The molecule has 2 aromatic rings. The van der Waals surface area contributed by atoms with Gasteiger partial charge in [-0.05, 0) is 50.2 Å². The summed E-state index contributed by atoms with van der Waals surface area (Å²) in [6, 6.07) is 12.6. The molecule has 160 valence electrons. The molecule has 1 unspecified atom stereocenters. The highest BCUT2D eigenvalue weighted by Crippen LogP contribution is 2.40. The van der Waals surface area contributed by atoms with Crippen molar-refractivity contribution >= 4 is 29.3 Å². The standard InChI is InChI=1S/C22H22N4O4S/c1-3-29-15-8-6-14(7-9-15)26-18(27)12-31-22-16(11-23)20(17-5-4-10-30-17)19(21(24)28)13(2)25-22/h4-10,20,25H,3,12H2,1-2H3,(H2,24,28)(H,26,27). The number of hydrogen-bond donors (Lipinski definition) is 3. The van der Waals surface area contributed by atoms with Gasteiger partial charge in [0.05, 0.1) is 46.8 Å². The van der Waals surface area contributed by atoms with Gasteiger partial charge in [-0.25, -0.2) is 0 Å². The van der Waals surface area contributed by atoms with Crippen molar-refractivity contribution in [2.45, 2.75) is 19.8 Å². The van der Waals surface area contributed by atoms with Crippen LogP contribution in [0.4, 0.5) is 5.69 Å². The van der Waals surface area contributed by atoms with Gasteiger partial charge in [-0.3, -0.25) is 9.59 Å². The van der Waals surface area contributed by atoms with Gasteiger partial charge in [0.25, 0.3) is 0 Å². The van der Waals surface area contributed by atoms with Crippen molar-refractivity contribution in [2.75, 3.05) is 17.7 Å². The minimum absolute atomic E-state index is 0.0603. The number of amides is 2. The van der Waals surface area contributed by atoms with E-state index in [-0.39, 0.29) is 22.8 Å². The lowest BCUT2D eigenvalue weighted by molar-refractivity contribution is -0.115. The lowest BCUT2D eigenvalue weighted by Crippen LogP contribution is -2.31. The maximum atomic E-state index is 12.4. The van der Waals surface area contributed by atoms with Crippen molar-refractivity contribution in [3.63, 3.8) is 0 Å². The maximum absolute atomic E-state index is 12.4. The number of primary amides is 1. The number of thioether (sulfide) groups is 1. The fraction of sp³-hybridized carbons (Fsp3) is 0.227. The van der Waals surface area contributed by atoms with Crippen LogP contribution in [0.5, 0.6) is 5.75 Å². The third-order valence-electron chi connectivity index (χ3n) is 4.54. The molecule has 31 heavy (non-hydrogen) atoms. The van der Waals surface area contributed by atoms with E-state index in [9.17, 15) is 14.9 Å². The van der Waals surface area contributed by atoms with Gasteiger partial charge >= 0.3 is 0 Å². The van der Waals surface area contributed by atoms with Crippen LogP contribution < -0.4 is 21.1 Å². The molecule has 0 fully saturated rings. The van der Waals surface area contributed by atoms with Crippen LogP contribution in [0.15, 0.2) is 69.0 Å². The Kier molecular flexibility index (Phi) is 7.05. The summed E-state index contributed by atoms with van der Waals surface area (Å²) in [4.78, 5) is 24.5. The number of rotatable bonds is 8. The minimum atomic E-state index is -0.726. The SMILES string of the molecule is CCOc1ccc(NC(=O)CSC2=C(C#N)C(c3ccco3)C(C(N)=O)=C(C)N2)cc1. The summed E-state index contributed by atoms with van der Waals surface area (Å²) in [7, 11) is 0. The maximum Gasteiger partial charge on any atom is 0.247 e. The first-order valence-corrected chi connectivity index (χ1v) is 10.5. The zero-order valence-electron chi connectivity index (χ0n) is 17.1. The quantitative estimate of drug-likeness (QED) is 0.577. The summed E-state index contributed by atoms with van der Waals surface area (Å²) in [5, 5.41) is 16.1. The molecule has 1 aromatic carbocycles. The molecule has 9 heteroatoms. The average molecular weight is 439 g/mol. The van der Waals surface area contributed by atoms with E-state index in [4.69, 9.17) is 14.9 Å². The molecule has 0 radical (unpaired) electrons. The van der Waals surface area contributed by atoms with E-state index in [1.807, 2.05) is 6.92 Å². The normalized spacial score (nSPS) is 15.8. The van der Waals surface area contributed by atoms with E-state index in [2.05, 4.69) is 16.7 Å². The zero-order chi connectivity index (χ0) is 22.4. The van der Waals surface area contributed by atoms with Gasteiger partial charge in [0.1, 0.15) is 11.5 Å². The van der Waals surface area contributed by atoms with Crippen LogP contribution in [0, 0.1) is 11.3 Å². The van der Waals surface area contributed by atoms with Crippen LogP contribution in [0.3, 0.4) is 0 Å². The van der Waals surface area contributed by atoms with Crippen LogP contribution >= 0.6 is 11.8 Å². The molecule has 4 N–H and O–H groups in total. The first kappa shape index (κ1) is 22.1. The zero-order valence-corrected chi connectivity index (χ0v) is 17.9. The molecule has 1 atom stereocenters. The predicted molar refractivity (Wildman–Crippen MR) is 118 cm³/mol. The molecular formula is C22H22N4O4S. The van der Waals surface area contributed by atoms with Crippen molar-refractivity contribution in [1.29, 1.82) is 5.26 Å². The number of benzene rings is 1. The Morgan fingerprint density at radius 2 is 2.06 bits per heavy atom. The van der Waals surface area contributed by atoms with Gasteiger partial charge in [-0.1, -0.05) is 11.8 Å². The van der Waals surface area contributed by atoms with Crippen molar-refractivity contribution in [3.05, 3.63) is 70.3 Å². The van der Waals surface area contributed by atoms with E-state index in [0.717, 1.165) is 5.75 Å². The number of carbonyl (C=O) groups is 2. The number of nitrogens with two attached hydrogens (primary N) is 1. The van der Waals surface area contributed by atoms with Crippen LogP contribution in [-0.2, 0) is 9.59 Å². The lowest BCUT2D eigenvalue weighted by atomic mass is 9.86. The van der Waals surface area contributed by atoms with Gasteiger partial charge < -0.3 is 25.5 Å². The number of nitriles is 1. The molecule has 0 spiro atoms. The molecule has 0 saturated carbocycles. The molecular weight excluding hydrogens is 416 g/mol. The summed E-state index contributed by atoms with van der Waals surface area (Å²) < 4.78 is 10.8. The number of anilines is 1. The summed E-state index contributed by atoms with van der Waals surface area (Å²) in [6.07, 6.45) is 1.47. The third kappa shape index (κ3) is 5.10. The molecule has 3 rings (SSSR count). The highest BCUT2D eigenvalue weighted by Gasteiger charge is 2.35. The van der Waals surface area contributed by atoms with Crippen LogP contribution in [0.25, 0.3) is 0 Å². The molecule has 1 aromatic heterocycles. The Labute approximate surface area is 184 Å². The smallest absolute Gasteiger partial charge is 0.247 e. The fourth-order valence-corrected chi connectivity index (χ4v) is 4.12. The van der Waals surface area contributed by atoms with Gasteiger partial charge in [-0.15, -0.1) is 0 Å². The topological polar surface area (TPSA) is 130 Å². The van der Waals surface area contributed by atoms with Gasteiger partial charge in [0.2, 0.25) is 11.8 Å². The molecule has 8 nitrogen and oxygen atoms in total. The number of hydrogen-bond acceptors (Lipinski definition) is 7. The number of dihydropyridines is 1. The summed E-state index contributed by atoms with van der Waals surface area (Å²) in [5.41, 5.74) is 7.25. The Morgan fingerprint density at radius 3 is 2.65 bits per heavy atom. The monoisotopic (exact) mass is 438 g/mol. The van der Waals surface area contributed by atoms with E-state index in [1.54, 1.807) is 43.3 Å². The molecule has 2 amide bonds. The number of nitrogens with one attached hydrogen (secondary N) is 2. The molecule has 0 bridgehead atoms. The van der Waals surface area contributed by atoms with Crippen molar-refractivity contribution in [1.82, 2.24) is 5.32 Å². The molecule has 1 aliphatic heterocycles. The highest BCUT2D eigenvalue weighted by molar-refractivity contribution is 8.03. The first-order chi connectivity index (χ1) is 14.9. The van der Waals surface area contributed by atoms with E-state index < -0.39 is 11.8 Å². The summed E-state index contributed by atoms with van der Waals surface area (Å²) in [5.74, 6) is -0.389. The van der Waals surface area contributed by atoms with Gasteiger partial charge in [0, 0.05) is 11.4 Å². The number of ether oxygens (including phenoxy) is 1. The second-order valence-electron chi connectivity index (χ2n) is 6.63. The predicted octanol–water partition coefficient (Wildman–Crippen LogP) is 3.23. The Bertz CT molecular complexity index is 1070. The van der Waals surface area contributed by atoms with Crippen LogP contribution in [0.1, 0.15) is 25.5 Å². The van der Waals surface area contributed by atoms with E-state index >= 15 is 0 Å². The third-order valence-corrected chi connectivity index (χ3v) is 5.55. The number of allylic oxidation sites excluding steroid dienone is 2. The highest BCUT2D eigenvalue weighted by atomic mass is 32.2. The summed E-state index contributed by atoms with van der Waals surface area (Å²) in [6.45, 7) is 4.16. The van der Waals surface area contributed by atoms with E-state index in [1.165, 1.54) is 18.0 Å². The second-order valence-corrected chi connectivity index (χ2v) is 7.61. The molecule has 1 aliphatic rings. The van der Waals surface area contributed by atoms with Crippen LogP contribution in [-0.4, -0.2) is 24.2 Å². The minimum Gasteiger partial charge on any atom is -0.494 e. The second kappa shape index (κ2) is 9.91.